The summed E-state index contributed by atoms with van der Waals surface area (Å²) in [5.41, 5.74) is 2.78. The van der Waals surface area contributed by atoms with Crippen molar-refractivity contribution in [2.45, 2.75) is 50.8 Å². The van der Waals surface area contributed by atoms with Gasteiger partial charge in [0.2, 0.25) is 10.0 Å². The summed E-state index contributed by atoms with van der Waals surface area (Å²) in [6.45, 7) is 7.29. The molecule has 1 N–H and O–H groups in total. The molecule has 0 saturated carbocycles. The summed E-state index contributed by atoms with van der Waals surface area (Å²) in [6, 6.07) is 15.5. The molecular formula is C25H35N3O4S. The number of aliphatic hydroxyl groups excluding tert-OH is 1. The number of hydrogen-bond acceptors (Lipinski definition) is 6. The molecule has 2 aromatic rings. The lowest BCUT2D eigenvalue weighted by atomic mass is 10.0. The minimum Gasteiger partial charge on any atom is -0.495 e. The van der Waals surface area contributed by atoms with Gasteiger partial charge in [-0.15, -0.1) is 0 Å². The minimum atomic E-state index is -3.48. The third-order valence-corrected chi connectivity index (χ3v) is 9.33. The first-order chi connectivity index (χ1) is 15.8. The average Bonchev–Trinajstić information content (AvgIpc) is 2.82. The molecule has 0 amide bonds. The highest BCUT2D eigenvalue weighted by molar-refractivity contribution is 7.89. The summed E-state index contributed by atoms with van der Waals surface area (Å²) in [4.78, 5) is 4.30. The van der Waals surface area contributed by atoms with Gasteiger partial charge in [-0.3, -0.25) is 4.90 Å². The summed E-state index contributed by atoms with van der Waals surface area (Å²) < 4.78 is 34.4. The Morgan fingerprint density at radius 2 is 1.76 bits per heavy atom. The largest absolute Gasteiger partial charge is 0.495 e. The highest BCUT2D eigenvalue weighted by Crippen LogP contribution is 2.39. The van der Waals surface area contributed by atoms with Crippen LogP contribution >= 0.6 is 0 Å². The van der Waals surface area contributed by atoms with Crippen molar-refractivity contribution in [3.05, 3.63) is 59.7 Å². The van der Waals surface area contributed by atoms with E-state index in [1.54, 1.807) is 18.3 Å². The van der Waals surface area contributed by atoms with E-state index in [1.165, 1.54) is 0 Å². The molecule has 2 heterocycles. The number of sulfonamides is 1. The number of ether oxygens (including phenoxy) is 1. The first-order valence-electron chi connectivity index (χ1n) is 11.7. The molecule has 8 heteroatoms. The zero-order valence-electron chi connectivity index (χ0n) is 19.7. The van der Waals surface area contributed by atoms with Crippen LogP contribution in [0.1, 0.15) is 43.1 Å². The van der Waals surface area contributed by atoms with Gasteiger partial charge in [0.25, 0.3) is 0 Å². The second-order valence-electron chi connectivity index (χ2n) is 9.08. The summed E-state index contributed by atoms with van der Waals surface area (Å²) in [6.07, 6.45) is 1.04. The first kappa shape index (κ1) is 24.0. The molecule has 2 unspecified atom stereocenters. The van der Waals surface area contributed by atoms with Gasteiger partial charge in [-0.2, -0.15) is 4.31 Å². The number of rotatable bonds is 6. The van der Waals surface area contributed by atoms with Crippen molar-refractivity contribution in [2.75, 3.05) is 38.2 Å². The topological polar surface area (TPSA) is 73.3 Å². The van der Waals surface area contributed by atoms with E-state index in [-0.39, 0.29) is 6.04 Å². The Labute approximate surface area is 197 Å². The molecule has 180 valence electrons. The van der Waals surface area contributed by atoms with Gasteiger partial charge in [-0.05, 0) is 49.9 Å². The first-order valence-corrected chi connectivity index (χ1v) is 13.2. The molecule has 0 aliphatic carbocycles. The van der Waals surface area contributed by atoms with E-state index < -0.39 is 21.5 Å². The van der Waals surface area contributed by atoms with Crippen LogP contribution in [0.2, 0.25) is 0 Å². The van der Waals surface area contributed by atoms with Crippen molar-refractivity contribution < 1.29 is 18.3 Å². The molecule has 33 heavy (non-hydrogen) atoms. The molecule has 0 bridgehead atoms. The van der Waals surface area contributed by atoms with Gasteiger partial charge in [0, 0.05) is 38.8 Å². The lowest BCUT2D eigenvalue weighted by molar-refractivity contribution is 0.0153. The van der Waals surface area contributed by atoms with Crippen molar-refractivity contribution in [1.29, 1.82) is 0 Å². The number of hydrogen-bond donors (Lipinski definition) is 1. The van der Waals surface area contributed by atoms with Gasteiger partial charge < -0.3 is 14.7 Å². The molecule has 0 radical (unpaired) electrons. The van der Waals surface area contributed by atoms with Gasteiger partial charge in [0.05, 0.1) is 12.8 Å². The monoisotopic (exact) mass is 473 g/mol. The smallest absolute Gasteiger partial charge is 0.221 e. The third kappa shape index (κ3) is 5.04. The summed E-state index contributed by atoms with van der Waals surface area (Å²) in [5, 5.41) is 9.31. The zero-order chi connectivity index (χ0) is 23.6. The molecule has 0 aromatic heterocycles. The Bertz CT molecular complexity index is 1040. The fourth-order valence-corrected chi connectivity index (χ4v) is 7.15. The van der Waals surface area contributed by atoms with E-state index in [2.05, 4.69) is 4.90 Å². The third-order valence-electron chi connectivity index (χ3n) is 6.96. The molecular weight excluding hydrogens is 438 g/mol. The summed E-state index contributed by atoms with van der Waals surface area (Å²) in [5.74, 6) is 0.750. The Hall–Kier alpha value is -2.13. The van der Waals surface area contributed by atoms with Gasteiger partial charge in [-0.1, -0.05) is 36.4 Å². The van der Waals surface area contributed by atoms with Gasteiger partial charge in [0.15, 0.2) is 0 Å². The Morgan fingerprint density at radius 3 is 2.39 bits per heavy atom. The van der Waals surface area contributed by atoms with Crippen LogP contribution in [-0.2, 0) is 16.6 Å². The quantitative estimate of drug-likeness (QED) is 0.695. The molecule has 2 fully saturated rings. The second-order valence-corrected chi connectivity index (χ2v) is 11.1. The lowest BCUT2D eigenvalue weighted by Crippen LogP contribution is -2.49. The highest BCUT2D eigenvalue weighted by Gasteiger charge is 2.40. The second kappa shape index (κ2) is 10.0. The predicted molar refractivity (Wildman–Crippen MR) is 131 cm³/mol. The number of benzene rings is 2. The van der Waals surface area contributed by atoms with Crippen LogP contribution in [0.5, 0.6) is 5.75 Å². The predicted octanol–water partition coefficient (Wildman–Crippen LogP) is 3.21. The Balaban J connectivity index is 1.53. The minimum absolute atomic E-state index is 0.0471. The SMILES string of the molecule is COc1cc(CN2[C@@H](C)CCC(c3ccccc3)S2(=O)=O)ccc1N1CCN(C(C)O)CC1. The summed E-state index contributed by atoms with van der Waals surface area (Å²) in [7, 11) is -1.82. The zero-order valence-corrected chi connectivity index (χ0v) is 20.5. The van der Waals surface area contributed by atoms with Crippen molar-refractivity contribution >= 4 is 15.7 Å². The molecule has 4 rings (SSSR count). The number of aliphatic hydroxyl groups is 1. The van der Waals surface area contributed by atoms with Crippen LogP contribution in [0.4, 0.5) is 5.69 Å². The van der Waals surface area contributed by atoms with Crippen molar-refractivity contribution in [3.63, 3.8) is 0 Å². The lowest BCUT2D eigenvalue weighted by Gasteiger charge is -2.38. The van der Waals surface area contributed by atoms with E-state index in [0.717, 1.165) is 55.2 Å². The number of methoxy groups -OCH3 is 1. The van der Waals surface area contributed by atoms with E-state index in [1.807, 2.05) is 60.4 Å². The fraction of sp³-hybridized carbons (Fsp3) is 0.520. The number of nitrogens with zero attached hydrogens (tertiary/aromatic N) is 3. The van der Waals surface area contributed by atoms with Crippen LogP contribution in [-0.4, -0.2) is 68.3 Å². The highest BCUT2D eigenvalue weighted by atomic mass is 32.2. The average molecular weight is 474 g/mol. The number of anilines is 1. The van der Waals surface area contributed by atoms with E-state index >= 15 is 0 Å². The van der Waals surface area contributed by atoms with Crippen LogP contribution in [0.15, 0.2) is 48.5 Å². The standard InChI is InChI=1S/C25H35N3O4S/c1-19-9-12-25(22-7-5-4-6-8-22)33(30,31)28(19)18-21-10-11-23(24(17-21)32-3)27-15-13-26(14-16-27)20(2)29/h4-8,10-11,17,19-20,25,29H,9,12-16,18H2,1-3H3/t19-,20?,25?/m0/s1. The summed E-state index contributed by atoms with van der Waals surface area (Å²) >= 11 is 0. The van der Waals surface area contributed by atoms with Crippen molar-refractivity contribution in [1.82, 2.24) is 9.21 Å². The van der Waals surface area contributed by atoms with Crippen molar-refractivity contribution in [2.24, 2.45) is 0 Å². The van der Waals surface area contributed by atoms with Gasteiger partial charge in [0.1, 0.15) is 17.2 Å². The van der Waals surface area contributed by atoms with Gasteiger partial charge in [-0.25, -0.2) is 8.42 Å². The van der Waals surface area contributed by atoms with E-state index in [9.17, 15) is 13.5 Å². The molecule has 2 saturated heterocycles. The van der Waals surface area contributed by atoms with E-state index in [4.69, 9.17) is 4.74 Å². The van der Waals surface area contributed by atoms with Crippen molar-refractivity contribution in [3.8, 4) is 5.75 Å². The maximum atomic E-state index is 13.5. The molecule has 7 nitrogen and oxygen atoms in total. The maximum Gasteiger partial charge on any atom is 0.221 e. The van der Waals surface area contributed by atoms with Crippen LogP contribution < -0.4 is 9.64 Å². The number of piperazine rings is 1. The molecule has 2 aliphatic rings. The normalized spacial score (nSPS) is 25.0. The van der Waals surface area contributed by atoms with Crippen LogP contribution in [0.25, 0.3) is 0 Å². The Kier molecular flexibility index (Phi) is 7.28. The molecule has 3 atom stereocenters. The van der Waals surface area contributed by atoms with Crippen LogP contribution in [0, 0.1) is 0 Å². The van der Waals surface area contributed by atoms with Crippen LogP contribution in [0.3, 0.4) is 0 Å². The molecule has 0 spiro atoms. The van der Waals surface area contributed by atoms with E-state index in [0.29, 0.717) is 13.0 Å². The maximum absolute atomic E-state index is 13.5. The van der Waals surface area contributed by atoms with Gasteiger partial charge >= 0.3 is 0 Å². The molecule has 2 aliphatic heterocycles. The Morgan fingerprint density at radius 1 is 1.06 bits per heavy atom. The fourth-order valence-electron chi connectivity index (χ4n) is 4.95. The molecule has 2 aromatic carbocycles.